The Labute approximate surface area is 154 Å². The number of hydrogen-bond acceptors (Lipinski definition) is 3. The SMILES string of the molecule is NS(=O)(=O)c1ccc([C@H]2C[C@@H]2CCc2cc(F)ccc2OC(F)(F)F)cc1. The van der Waals surface area contributed by atoms with Crippen LogP contribution in [0.2, 0.25) is 0 Å². The Morgan fingerprint density at radius 3 is 2.37 bits per heavy atom. The molecule has 1 aliphatic rings. The summed E-state index contributed by atoms with van der Waals surface area (Å²) in [6.07, 6.45) is -3.18. The van der Waals surface area contributed by atoms with Gasteiger partial charge in [-0.1, -0.05) is 12.1 Å². The van der Waals surface area contributed by atoms with Gasteiger partial charge in [-0.15, -0.1) is 13.2 Å². The lowest BCUT2D eigenvalue weighted by Gasteiger charge is -2.13. The zero-order valence-corrected chi connectivity index (χ0v) is 14.9. The molecule has 0 aromatic heterocycles. The molecular formula is C18H17F4NO3S. The number of rotatable bonds is 6. The molecule has 1 saturated carbocycles. The predicted octanol–water partition coefficient (Wildman–Crippen LogP) is 4.11. The van der Waals surface area contributed by atoms with Crippen LogP contribution in [-0.4, -0.2) is 14.8 Å². The Bertz CT molecular complexity index is 927. The third-order valence-electron chi connectivity index (χ3n) is 4.59. The number of halogens is 4. The number of nitrogens with two attached hydrogens (primary N) is 1. The highest BCUT2D eigenvalue weighted by atomic mass is 32.2. The van der Waals surface area contributed by atoms with E-state index in [1.165, 1.54) is 12.1 Å². The normalized spacial score (nSPS) is 19.7. The number of benzene rings is 2. The molecule has 2 atom stereocenters. The van der Waals surface area contributed by atoms with Crippen molar-refractivity contribution in [2.75, 3.05) is 0 Å². The Hall–Kier alpha value is -2.13. The van der Waals surface area contributed by atoms with Gasteiger partial charge >= 0.3 is 6.36 Å². The fourth-order valence-corrected chi connectivity index (χ4v) is 3.70. The summed E-state index contributed by atoms with van der Waals surface area (Å²) in [5, 5.41) is 5.06. The molecule has 146 valence electrons. The summed E-state index contributed by atoms with van der Waals surface area (Å²) >= 11 is 0. The van der Waals surface area contributed by atoms with Gasteiger partial charge in [0.2, 0.25) is 10.0 Å². The van der Waals surface area contributed by atoms with Crippen molar-refractivity contribution in [1.29, 1.82) is 0 Å². The molecule has 2 N–H and O–H groups in total. The van der Waals surface area contributed by atoms with Gasteiger partial charge in [0.05, 0.1) is 4.90 Å². The number of hydrogen-bond donors (Lipinski definition) is 1. The Morgan fingerprint density at radius 1 is 1.11 bits per heavy atom. The monoisotopic (exact) mass is 403 g/mol. The van der Waals surface area contributed by atoms with Crippen LogP contribution in [0.15, 0.2) is 47.4 Å². The topological polar surface area (TPSA) is 69.4 Å². The molecule has 0 spiro atoms. The lowest BCUT2D eigenvalue weighted by molar-refractivity contribution is -0.274. The van der Waals surface area contributed by atoms with Crippen LogP contribution in [0, 0.1) is 11.7 Å². The van der Waals surface area contributed by atoms with Gasteiger partial charge in [-0.2, -0.15) is 0 Å². The summed E-state index contributed by atoms with van der Waals surface area (Å²) in [7, 11) is -3.75. The van der Waals surface area contributed by atoms with E-state index in [-0.39, 0.29) is 28.7 Å². The average Bonchev–Trinajstić information content (AvgIpc) is 3.33. The fourth-order valence-electron chi connectivity index (χ4n) is 3.19. The fraction of sp³-hybridized carbons (Fsp3) is 0.333. The lowest BCUT2D eigenvalue weighted by Crippen LogP contribution is -2.18. The molecule has 0 heterocycles. The largest absolute Gasteiger partial charge is 0.573 e. The molecule has 9 heteroatoms. The number of alkyl halides is 3. The third kappa shape index (κ3) is 5.20. The minimum absolute atomic E-state index is 0.0251. The van der Waals surface area contributed by atoms with Crippen LogP contribution >= 0.6 is 0 Å². The van der Waals surface area contributed by atoms with E-state index in [2.05, 4.69) is 4.74 Å². The maximum atomic E-state index is 13.4. The summed E-state index contributed by atoms with van der Waals surface area (Å²) in [4.78, 5) is 0.0251. The van der Waals surface area contributed by atoms with Crippen molar-refractivity contribution in [3.8, 4) is 5.75 Å². The van der Waals surface area contributed by atoms with Crippen molar-refractivity contribution in [3.05, 3.63) is 59.4 Å². The smallest absolute Gasteiger partial charge is 0.405 e. The molecule has 0 saturated heterocycles. The van der Waals surface area contributed by atoms with E-state index in [1.54, 1.807) is 12.1 Å². The van der Waals surface area contributed by atoms with Crippen LogP contribution in [0.5, 0.6) is 5.75 Å². The first-order valence-corrected chi connectivity index (χ1v) is 9.74. The van der Waals surface area contributed by atoms with E-state index in [4.69, 9.17) is 5.14 Å². The highest BCUT2D eigenvalue weighted by Gasteiger charge is 2.38. The van der Waals surface area contributed by atoms with Gasteiger partial charge in [0.15, 0.2) is 0 Å². The summed E-state index contributed by atoms with van der Waals surface area (Å²) in [5.41, 5.74) is 1.11. The highest BCUT2D eigenvalue weighted by Crippen LogP contribution is 2.50. The summed E-state index contributed by atoms with van der Waals surface area (Å²) in [5.74, 6) is -0.587. The molecule has 1 fully saturated rings. The second-order valence-corrected chi connectivity index (χ2v) is 8.12. The molecule has 3 rings (SSSR count). The van der Waals surface area contributed by atoms with E-state index in [0.717, 1.165) is 30.2 Å². The number of ether oxygens (including phenoxy) is 1. The van der Waals surface area contributed by atoms with Gasteiger partial charge < -0.3 is 4.74 Å². The van der Waals surface area contributed by atoms with Gasteiger partial charge in [-0.25, -0.2) is 17.9 Å². The Kier molecular flexibility index (Phi) is 5.18. The zero-order chi connectivity index (χ0) is 19.8. The maximum absolute atomic E-state index is 13.4. The van der Waals surface area contributed by atoms with Gasteiger partial charge in [-0.3, -0.25) is 0 Å². The Morgan fingerprint density at radius 2 is 1.78 bits per heavy atom. The van der Waals surface area contributed by atoms with Crippen molar-refractivity contribution in [1.82, 2.24) is 0 Å². The number of aryl methyl sites for hydroxylation is 1. The van der Waals surface area contributed by atoms with E-state index in [0.29, 0.717) is 6.42 Å². The first-order valence-electron chi connectivity index (χ1n) is 8.20. The van der Waals surface area contributed by atoms with Crippen molar-refractivity contribution >= 4 is 10.0 Å². The van der Waals surface area contributed by atoms with E-state index < -0.39 is 28.0 Å². The predicted molar refractivity (Wildman–Crippen MR) is 90.1 cm³/mol. The first kappa shape index (κ1) is 19.6. The van der Waals surface area contributed by atoms with Crippen LogP contribution in [0.1, 0.15) is 29.9 Å². The zero-order valence-electron chi connectivity index (χ0n) is 14.0. The van der Waals surface area contributed by atoms with Crippen molar-refractivity contribution in [3.63, 3.8) is 0 Å². The van der Waals surface area contributed by atoms with Gasteiger partial charge in [0.25, 0.3) is 0 Å². The quantitative estimate of drug-likeness (QED) is 0.738. The molecule has 0 radical (unpaired) electrons. The lowest BCUT2D eigenvalue weighted by atomic mass is 10.0. The minimum Gasteiger partial charge on any atom is -0.405 e. The third-order valence-corrected chi connectivity index (χ3v) is 5.52. The molecular weight excluding hydrogens is 386 g/mol. The molecule has 0 amide bonds. The molecule has 0 bridgehead atoms. The molecule has 2 aromatic carbocycles. The molecule has 1 aliphatic carbocycles. The molecule has 27 heavy (non-hydrogen) atoms. The molecule has 4 nitrogen and oxygen atoms in total. The second kappa shape index (κ2) is 7.12. The van der Waals surface area contributed by atoms with Crippen LogP contribution in [0.3, 0.4) is 0 Å². The highest BCUT2D eigenvalue weighted by molar-refractivity contribution is 7.89. The number of sulfonamides is 1. The van der Waals surface area contributed by atoms with Gasteiger partial charge in [-0.05, 0) is 72.6 Å². The van der Waals surface area contributed by atoms with Gasteiger partial charge in [0.1, 0.15) is 11.6 Å². The standard InChI is InChI=1S/C18H17F4NO3S/c19-14-5-8-17(26-18(20,21)22)13(9-14)2-1-12-10-16(12)11-3-6-15(7-4-11)27(23,24)25/h3-9,12,16H,1-2,10H2,(H2,23,24,25)/t12-,16+/m0/s1. The Balaban J connectivity index is 1.63. The van der Waals surface area contributed by atoms with E-state index in [1.807, 2.05) is 0 Å². The van der Waals surface area contributed by atoms with Crippen LogP contribution in [0.4, 0.5) is 17.6 Å². The molecule has 2 aromatic rings. The van der Waals surface area contributed by atoms with Crippen LogP contribution in [0.25, 0.3) is 0 Å². The van der Waals surface area contributed by atoms with Crippen molar-refractivity contribution in [2.45, 2.75) is 36.4 Å². The van der Waals surface area contributed by atoms with Gasteiger partial charge in [0, 0.05) is 0 Å². The minimum atomic E-state index is -4.83. The average molecular weight is 403 g/mol. The van der Waals surface area contributed by atoms with E-state index in [9.17, 15) is 26.0 Å². The number of primary sulfonamides is 1. The molecule has 0 aliphatic heterocycles. The van der Waals surface area contributed by atoms with Crippen molar-refractivity contribution in [2.24, 2.45) is 11.1 Å². The van der Waals surface area contributed by atoms with E-state index >= 15 is 0 Å². The molecule has 0 unspecified atom stereocenters. The van der Waals surface area contributed by atoms with Crippen LogP contribution in [-0.2, 0) is 16.4 Å². The maximum Gasteiger partial charge on any atom is 0.573 e. The van der Waals surface area contributed by atoms with Crippen LogP contribution < -0.4 is 9.88 Å². The summed E-state index contributed by atoms with van der Waals surface area (Å²) in [6.45, 7) is 0. The first-order chi connectivity index (χ1) is 12.5. The van der Waals surface area contributed by atoms with Crippen molar-refractivity contribution < 1.29 is 30.7 Å². The summed E-state index contributed by atoms with van der Waals surface area (Å²) in [6, 6.07) is 9.20. The second-order valence-electron chi connectivity index (χ2n) is 6.55. The summed E-state index contributed by atoms with van der Waals surface area (Å²) < 4.78 is 77.3.